The summed E-state index contributed by atoms with van der Waals surface area (Å²) in [5, 5.41) is 6.24. The largest absolute Gasteiger partial charge is 0.360 e. The Morgan fingerprint density at radius 1 is 0.633 bits per heavy atom. The van der Waals surface area contributed by atoms with E-state index in [9.17, 15) is 19.2 Å². The molecule has 4 N–H and O–H groups in total. The zero-order valence-corrected chi connectivity index (χ0v) is 15.8. The molecule has 0 atom stereocenters. The molecule has 0 aliphatic heterocycles. The van der Waals surface area contributed by atoms with Crippen LogP contribution in [0.2, 0.25) is 0 Å². The van der Waals surface area contributed by atoms with Gasteiger partial charge in [0.1, 0.15) is 0 Å². The lowest BCUT2D eigenvalue weighted by molar-refractivity contribution is -0.118. The van der Waals surface area contributed by atoms with Crippen molar-refractivity contribution in [2.24, 2.45) is 0 Å². The quantitative estimate of drug-likeness (QED) is 0.214. The molecule has 0 unspecified atom stereocenters. The van der Waals surface area contributed by atoms with Crippen molar-refractivity contribution >= 4 is 45.2 Å². The number of ketones is 2. The average molecular weight is 402 g/mol. The molecule has 8 heteroatoms. The molecule has 0 spiro atoms. The number of Topliss-reactive ketones (excluding diaryl/α,β-unsaturated/α-hetero) is 2. The highest BCUT2D eigenvalue weighted by molar-refractivity contribution is 6.45. The maximum Gasteiger partial charge on any atom is 0.292 e. The molecule has 2 aromatic carbocycles. The molecule has 0 saturated carbocycles. The summed E-state index contributed by atoms with van der Waals surface area (Å²) >= 11 is 0. The number of nitrogens with one attached hydrogen (secondary N) is 4. The van der Waals surface area contributed by atoms with Crippen molar-refractivity contribution in [3.05, 3.63) is 72.1 Å². The minimum Gasteiger partial charge on any atom is -0.360 e. The Bertz CT molecular complexity index is 1180. The number of aromatic amines is 2. The van der Waals surface area contributed by atoms with Crippen LogP contribution in [0, 0.1) is 0 Å². The molecule has 2 heterocycles. The lowest BCUT2D eigenvalue weighted by Crippen LogP contribution is -2.39. The molecule has 4 aromatic rings. The number of aromatic nitrogens is 2. The first-order valence-electron chi connectivity index (χ1n) is 9.33. The van der Waals surface area contributed by atoms with Crippen LogP contribution in [-0.4, -0.2) is 46.4 Å². The minimum atomic E-state index is -0.781. The predicted octanol–water partition coefficient (Wildman–Crippen LogP) is 1.95. The Morgan fingerprint density at radius 2 is 1.03 bits per heavy atom. The van der Waals surface area contributed by atoms with Crippen LogP contribution in [0.3, 0.4) is 0 Å². The highest BCUT2D eigenvalue weighted by Crippen LogP contribution is 2.19. The molecule has 2 amide bonds. The molecule has 30 heavy (non-hydrogen) atoms. The van der Waals surface area contributed by atoms with Gasteiger partial charge >= 0.3 is 0 Å². The number of fused-ring (bicyclic) bond motifs is 2. The molecule has 0 bridgehead atoms. The van der Waals surface area contributed by atoms with Crippen molar-refractivity contribution in [3.63, 3.8) is 0 Å². The van der Waals surface area contributed by atoms with E-state index in [1.54, 1.807) is 24.3 Å². The van der Waals surface area contributed by atoms with Crippen molar-refractivity contribution in [2.75, 3.05) is 13.1 Å². The number of benzene rings is 2. The van der Waals surface area contributed by atoms with Gasteiger partial charge in [-0.1, -0.05) is 36.4 Å². The van der Waals surface area contributed by atoms with Crippen LogP contribution in [0.15, 0.2) is 60.9 Å². The number of hydrogen-bond acceptors (Lipinski definition) is 4. The lowest BCUT2D eigenvalue weighted by atomic mass is 10.1. The van der Waals surface area contributed by atoms with E-state index in [0.717, 1.165) is 11.0 Å². The van der Waals surface area contributed by atoms with E-state index in [0.29, 0.717) is 10.8 Å². The normalized spacial score (nSPS) is 10.8. The van der Waals surface area contributed by atoms with Crippen molar-refractivity contribution in [3.8, 4) is 0 Å². The molecule has 150 valence electrons. The Hall–Kier alpha value is -4.20. The van der Waals surface area contributed by atoms with E-state index in [1.807, 2.05) is 24.3 Å². The molecule has 0 aliphatic carbocycles. The van der Waals surface area contributed by atoms with Crippen molar-refractivity contribution in [1.29, 1.82) is 0 Å². The zero-order valence-electron chi connectivity index (χ0n) is 15.8. The third-order valence-electron chi connectivity index (χ3n) is 4.78. The van der Waals surface area contributed by atoms with E-state index < -0.39 is 23.4 Å². The molecular weight excluding hydrogens is 384 g/mol. The first-order chi connectivity index (χ1) is 14.6. The zero-order chi connectivity index (χ0) is 21.1. The van der Waals surface area contributed by atoms with Gasteiger partial charge in [0.25, 0.3) is 23.4 Å². The molecule has 0 radical (unpaired) electrons. The summed E-state index contributed by atoms with van der Waals surface area (Å²) in [6.45, 7) is 0.0274. The van der Waals surface area contributed by atoms with Crippen LogP contribution < -0.4 is 10.6 Å². The third-order valence-corrected chi connectivity index (χ3v) is 4.78. The molecule has 0 aliphatic rings. The second-order valence-electron chi connectivity index (χ2n) is 6.67. The van der Waals surface area contributed by atoms with Crippen LogP contribution in [0.1, 0.15) is 20.7 Å². The molecule has 8 nitrogen and oxygen atoms in total. The van der Waals surface area contributed by atoms with Gasteiger partial charge in [-0.3, -0.25) is 19.2 Å². The Balaban J connectivity index is 1.30. The number of amides is 2. The number of rotatable bonds is 7. The molecule has 0 saturated heterocycles. The predicted molar refractivity (Wildman–Crippen MR) is 111 cm³/mol. The van der Waals surface area contributed by atoms with E-state index in [2.05, 4.69) is 20.6 Å². The summed E-state index contributed by atoms with van der Waals surface area (Å²) in [5.41, 5.74) is 2.08. The maximum absolute atomic E-state index is 12.4. The van der Waals surface area contributed by atoms with Crippen LogP contribution in [0.5, 0.6) is 0 Å². The lowest BCUT2D eigenvalue weighted by Gasteiger charge is -2.06. The molecule has 0 fully saturated rings. The minimum absolute atomic E-state index is 0.0137. The van der Waals surface area contributed by atoms with Crippen LogP contribution in [0.4, 0.5) is 0 Å². The van der Waals surface area contributed by atoms with Crippen molar-refractivity contribution in [1.82, 2.24) is 20.6 Å². The summed E-state index contributed by atoms with van der Waals surface area (Å²) in [6.07, 6.45) is 2.99. The van der Waals surface area contributed by atoms with Crippen LogP contribution in [0.25, 0.3) is 21.8 Å². The summed E-state index contributed by atoms with van der Waals surface area (Å²) in [4.78, 5) is 54.9. The third kappa shape index (κ3) is 3.58. The van der Waals surface area contributed by atoms with E-state index >= 15 is 0 Å². The Morgan fingerprint density at radius 3 is 1.47 bits per heavy atom. The van der Waals surface area contributed by atoms with Gasteiger partial charge in [0.05, 0.1) is 11.1 Å². The highest BCUT2D eigenvalue weighted by Gasteiger charge is 2.21. The fourth-order valence-corrected chi connectivity index (χ4v) is 3.28. The second kappa shape index (κ2) is 8.04. The second-order valence-corrected chi connectivity index (χ2v) is 6.67. The summed E-state index contributed by atoms with van der Waals surface area (Å²) in [5.74, 6) is -2.91. The van der Waals surface area contributed by atoms with Crippen LogP contribution >= 0.6 is 0 Å². The van der Waals surface area contributed by atoms with Gasteiger partial charge in [-0.2, -0.15) is 0 Å². The van der Waals surface area contributed by atoms with Gasteiger partial charge in [0, 0.05) is 47.3 Å². The summed E-state index contributed by atoms with van der Waals surface area (Å²) in [7, 11) is 0. The number of carbonyl (C=O) groups is 4. The number of carbonyl (C=O) groups excluding carboxylic acids is 4. The fraction of sp³-hybridized carbons (Fsp3) is 0.0909. The molecule has 2 aromatic heterocycles. The summed E-state index contributed by atoms with van der Waals surface area (Å²) < 4.78 is 0. The topological polar surface area (TPSA) is 124 Å². The first kappa shape index (κ1) is 19.1. The van der Waals surface area contributed by atoms with Crippen molar-refractivity contribution < 1.29 is 19.2 Å². The van der Waals surface area contributed by atoms with E-state index in [-0.39, 0.29) is 24.2 Å². The SMILES string of the molecule is O=C(NCCNC(=O)C(=O)c1c[nH]c2ccccc12)C(=O)c1c[nH]c2ccccc12. The number of hydrogen-bond donors (Lipinski definition) is 4. The van der Waals surface area contributed by atoms with E-state index in [1.165, 1.54) is 12.4 Å². The van der Waals surface area contributed by atoms with Gasteiger partial charge in [-0.05, 0) is 12.1 Å². The molecular formula is C22H18N4O4. The Kier molecular flexibility index (Phi) is 5.13. The first-order valence-corrected chi connectivity index (χ1v) is 9.33. The highest BCUT2D eigenvalue weighted by atomic mass is 16.2. The Labute approximate surface area is 170 Å². The number of H-pyrrole nitrogens is 2. The van der Waals surface area contributed by atoms with Gasteiger partial charge in [0.2, 0.25) is 0 Å². The van der Waals surface area contributed by atoms with Gasteiger partial charge in [-0.25, -0.2) is 0 Å². The van der Waals surface area contributed by atoms with Gasteiger partial charge in [-0.15, -0.1) is 0 Å². The van der Waals surface area contributed by atoms with E-state index in [4.69, 9.17) is 0 Å². The maximum atomic E-state index is 12.4. The van der Waals surface area contributed by atoms with Gasteiger partial charge < -0.3 is 20.6 Å². The monoisotopic (exact) mass is 402 g/mol. The van der Waals surface area contributed by atoms with Crippen molar-refractivity contribution in [2.45, 2.75) is 0 Å². The molecule has 4 rings (SSSR count). The van der Waals surface area contributed by atoms with Crippen LogP contribution in [-0.2, 0) is 9.59 Å². The smallest absolute Gasteiger partial charge is 0.292 e. The number of para-hydroxylation sites is 2. The summed E-state index contributed by atoms with van der Waals surface area (Å²) in [6, 6.07) is 14.3. The standard InChI is InChI=1S/C22H18N4O4/c27-19(15-11-25-17-7-3-1-5-13(15)17)21(29)23-9-10-24-22(30)20(28)16-12-26-18-8-4-2-6-14(16)18/h1-8,11-12,25-26H,9-10H2,(H,23,29)(H,24,30). The average Bonchev–Trinajstić information content (AvgIpc) is 3.39. The van der Waals surface area contributed by atoms with Gasteiger partial charge in [0.15, 0.2) is 0 Å². The fourth-order valence-electron chi connectivity index (χ4n) is 3.28.